The molecule has 0 saturated heterocycles. The van der Waals surface area contributed by atoms with Crippen LogP contribution in [0.4, 0.5) is 0 Å². The fraction of sp³-hybridized carbons (Fsp3) is 0.417. The van der Waals surface area contributed by atoms with Crippen LogP contribution >= 0.6 is 0 Å². The number of carbonyl (C=O) groups excluding carboxylic acids is 1. The Hall–Kier alpha value is -3.10. The predicted molar refractivity (Wildman–Crippen MR) is 119 cm³/mol. The van der Waals surface area contributed by atoms with Gasteiger partial charge in [0.1, 0.15) is 24.2 Å². The number of carbonyl (C=O) groups is 2. The molecule has 0 fully saturated rings. The standard InChI is InChI=1S/C24H31NO7/c1-25(2)15-19(32-24(29)12-11-23(27)28)16-31-22-10-5-4-9-20(22)21(26)14-17-7-6-8-18(13-17)30-3/h4-10,13,19,21,26H,11-12,14-16H2,1-3H3,(H,27,28). The van der Waals surface area contributed by atoms with Crippen LogP contribution in [0.25, 0.3) is 0 Å². The van der Waals surface area contributed by atoms with Gasteiger partial charge in [-0.15, -0.1) is 0 Å². The maximum Gasteiger partial charge on any atom is 0.306 e. The van der Waals surface area contributed by atoms with E-state index in [1.54, 1.807) is 25.3 Å². The van der Waals surface area contributed by atoms with Crippen LogP contribution < -0.4 is 9.47 Å². The maximum atomic E-state index is 12.0. The minimum absolute atomic E-state index is 0.0693. The lowest BCUT2D eigenvalue weighted by Crippen LogP contribution is -2.35. The fourth-order valence-electron chi connectivity index (χ4n) is 3.19. The first-order valence-corrected chi connectivity index (χ1v) is 10.4. The molecule has 2 aromatic rings. The number of rotatable bonds is 13. The quantitative estimate of drug-likeness (QED) is 0.454. The number of methoxy groups -OCH3 is 1. The molecule has 2 unspecified atom stereocenters. The highest BCUT2D eigenvalue weighted by Crippen LogP contribution is 2.28. The van der Waals surface area contributed by atoms with Gasteiger partial charge in [-0.05, 0) is 37.9 Å². The number of carboxylic acids is 1. The van der Waals surface area contributed by atoms with Crippen LogP contribution in [-0.4, -0.2) is 67.5 Å². The van der Waals surface area contributed by atoms with Crippen molar-refractivity contribution in [1.82, 2.24) is 4.90 Å². The molecule has 0 radical (unpaired) electrons. The third-order valence-corrected chi connectivity index (χ3v) is 4.68. The van der Waals surface area contributed by atoms with Crippen molar-refractivity contribution in [2.24, 2.45) is 0 Å². The van der Waals surface area contributed by atoms with Gasteiger partial charge < -0.3 is 29.3 Å². The second-order valence-corrected chi connectivity index (χ2v) is 7.69. The van der Waals surface area contributed by atoms with Crippen LogP contribution in [-0.2, 0) is 20.7 Å². The zero-order valence-corrected chi connectivity index (χ0v) is 18.7. The van der Waals surface area contributed by atoms with Crippen LogP contribution in [0, 0.1) is 0 Å². The third-order valence-electron chi connectivity index (χ3n) is 4.68. The first-order valence-electron chi connectivity index (χ1n) is 10.4. The first-order chi connectivity index (χ1) is 15.3. The molecular formula is C24H31NO7. The van der Waals surface area contributed by atoms with Crippen LogP contribution in [0.5, 0.6) is 11.5 Å². The van der Waals surface area contributed by atoms with Gasteiger partial charge in [-0.1, -0.05) is 30.3 Å². The van der Waals surface area contributed by atoms with Crippen molar-refractivity contribution < 1.29 is 34.0 Å². The lowest BCUT2D eigenvalue weighted by atomic mass is 10.0. The summed E-state index contributed by atoms with van der Waals surface area (Å²) in [5.41, 5.74) is 1.54. The van der Waals surface area contributed by atoms with E-state index in [0.29, 0.717) is 24.3 Å². The van der Waals surface area contributed by atoms with Crippen LogP contribution in [0.15, 0.2) is 48.5 Å². The number of aliphatic hydroxyl groups is 1. The molecule has 0 amide bonds. The average Bonchev–Trinajstić information content (AvgIpc) is 2.76. The van der Waals surface area contributed by atoms with Crippen molar-refractivity contribution >= 4 is 11.9 Å². The Balaban J connectivity index is 2.05. The SMILES string of the molecule is COc1cccc(CC(O)c2ccccc2OCC(CN(C)C)OC(=O)CCC(=O)O)c1. The highest BCUT2D eigenvalue weighted by Gasteiger charge is 2.20. The topological polar surface area (TPSA) is 106 Å². The second-order valence-electron chi connectivity index (χ2n) is 7.69. The average molecular weight is 446 g/mol. The molecule has 2 N–H and O–H groups in total. The number of hydrogen-bond acceptors (Lipinski definition) is 7. The number of carboxylic acid groups (broad SMARTS) is 1. The molecule has 0 aliphatic heterocycles. The van der Waals surface area contributed by atoms with Gasteiger partial charge in [0.15, 0.2) is 0 Å². The smallest absolute Gasteiger partial charge is 0.306 e. The van der Waals surface area contributed by atoms with Gasteiger partial charge in [0, 0.05) is 18.5 Å². The number of hydrogen-bond donors (Lipinski definition) is 2. The summed E-state index contributed by atoms with van der Waals surface area (Å²) in [7, 11) is 5.27. The first kappa shape index (κ1) is 25.2. The number of aliphatic hydroxyl groups excluding tert-OH is 1. The summed E-state index contributed by atoms with van der Waals surface area (Å²) in [5.74, 6) is -0.431. The molecule has 8 nitrogen and oxygen atoms in total. The van der Waals surface area contributed by atoms with Crippen molar-refractivity contribution in [2.45, 2.75) is 31.5 Å². The molecule has 8 heteroatoms. The summed E-state index contributed by atoms with van der Waals surface area (Å²) < 4.78 is 16.6. The van der Waals surface area contributed by atoms with Gasteiger partial charge in [0.25, 0.3) is 0 Å². The zero-order chi connectivity index (χ0) is 23.5. The molecule has 0 aliphatic carbocycles. The van der Waals surface area contributed by atoms with Gasteiger partial charge >= 0.3 is 11.9 Å². The number of aliphatic carboxylic acids is 1. The van der Waals surface area contributed by atoms with Crippen LogP contribution in [0.2, 0.25) is 0 Å². The van der Waals surface area contributed by atoms with Gasteiger partial charge in [-0.3, -0.25) is 9.59 Å². The number of para-hydroxylation sites is 1. The second kappa shape index (κ2) is 12.7. The number of nitrogens with zero attached hydrogens (tertiary/aromatic N) is 1. The number of ether oxygens (including phenoxy) is 3. The lowest BCUT2D eigenvalue weighted by molar-refractivity contribution is -0.153. The Labute approximate surface area is 188 Å². The zero-order valence-electron chi connectivity index (χ0n) is 18.7. The fourth-order valence-corrected chi connectivity index (χ4v) is 3.19. The summed E-state index contributed by atoms with van der Waals surface area (Å²) in [5, 5.41) is 19.6. The Morgan fingerprint density at radius 1 is 1.06 bits per heavy atom. The molecule has 174 valence electrons. The highest BCUT2D eigenvalue weighted by molar-refractivity contribution is 5.76. The Morgan fingerprint density at radius 2 is 1.81 bits per heavy atom. The van der Waals surface area contributed by atoms with Gasteiger partial charge in [0.05, 0.1) is 26.1 Å². The lowest BCUT2D eigenvalue weighted by Gasteiger charge is -2.23. The van der Waals surface area contributed by atoms with E-state index in [1.807, 2.05) is 49.3 Å². The van der Waals surface area contributed by atoms with Gasteiger partial charge in [-0.25, -0.2) is 0 Å². The van der Waals surface area contributed by atoms with E-state index in [-0.39, 0.29) is 19.4 Å². The van der Waals surface area contributed by atoms with Crippen LogP contribution in [0.1, 0.15) is 30.1 Å². The van der Waals surface area contributed by atoms with Crippen molar-refractivity contribution in [3.05, 3.63) is 59.7 Å². The minimum Gasteiger partial charge on any atom is -0.497 e. The van der Waals surface area contributed by atoms with E-state index in [9.17, 15) is 14.7 Å². The molecule has 0 heterocycles. The molecule has 2 aromatic carbocycles. The molecule has 0 saturated carbocycles. The monoisotopic (exact) mass is 445 g/mol. The van der Waals surface area contributed by atoms with E-state index in [2.05, 4.69) is 0 Å². The van der Waals surface area contributed by atoms with Gasteiger partial charge in [-0.2, -0.15) is 0 Å². The molecule has 0 bridgehead atoms. The summed E-state index contributed by atoms with van der Waals surface area (Å²) >= 11 is 0. The largest absolute Gasteiger partial charge is 0.497 e. The molecule has 32 heavy (non-hydrogen) atoms. The summed E-state index contributed by atoms with van der Waals surface area (Å²) in [6, 6.07) is 14.7. The van der Waals surface area contributed by atoms with Crippen molar-refractivity contribution in [3.8, 4) is 11.5 Å². The normalized spacial score (nSPS) is 12.8. The Kier molecular flexibility index (Phi) is 9.97. The molecule has 2 atom stereocenters. The van der Waals surface area contributed by atoms with E-state index in [4.69, 9.17) is 19.3 Å². The molecule has 0 aliphatic rings. The van der Waals surface area contributed by atoms with Gasteiger partial charge in [0.2, 0.25) is 0 Å². The van der Waals surface area contributed by atoms with E-state index in [0.717, 1.165) is 11.3 Å². The Morgan fingerprint density at radius 3 is 2.50 bits per heavy atom. The van der Waals surface area contributed by atoms with E-state index < -0.39 is 24.1 Å². The molecular weight excluding hydrogens is 414 g/mol. The maximum absolute atomic E-state index is 12.0. The third kappa shape index (κ3) is 8.56. The predicted octanol–water partition coefficient (Wildman–Crippen LogP) is 2.69. The molecule has 0 spiro atoms. The number of benzene rings is 2. The van der Waals surface area contributed by atoms with Crippen LogP contribution in [0.3, 0.4) is 0 Å². The Bertz CT molecular complexity index is 884. The van der Waals surface area contributed by atoms with E-state index in [1.165, 1.54) is 0 Å². The minimum atomic E-state index is -1.05. The highest BCUT2D eigenvalue weighted by atomic mass is 16.6. The van der Waals surface area contributed by atoms with E-state index >= 15 is 0 Å². The van der Waals surface area contributed by atoms with Crippen molar-refractivity contribution in [2.75, 3.05) is 34.4 Å². The summed E-state index contributed by atoms with van der Waals surface area (Å²) in [6.45, 7) is 0.479. The molecule has 0 aromatic heterocycles. The molecule has 2 rings (SSSR count). The summed E-state index contributed by atoms with van der Waals surface area (Å²) in [4.78, 5) is 24.5. The van der Waals surface area contributed by atoms with Crippen molar-refractivity contribution in [3.63, 3.8) is 0 Å². The number of esters is 1. The van der Waals surface area contributed by atoms with Crippen molar-refractivity contribution in [1.29, 1.82) is 0 Å². The number of likely N-dealkylation sites (N-methyl/N-ethyl adjacent to an activating group) is 1. The summed E-state index contributed by atoms with van der Waals surface area (Å²) in [6.07, 6.45) is -1.50.